The van der Waals surface area contributed by atoms with Crippen LogP contribution in [0.2, 0.25) is 0 Å². The van der Waals surface area contributed by atoms with E-state index in [1.165, 1.54) is 33.5 Å². The van der Waals surface area contributed by atoms with Crippen LogP contribution in [0.5, 0.6) is 0 Å². The van der Waals surface area contributed by atoms with E-state index in [1.807, 2.05) is 0 Å². The maximum absolute atomic E-state index is 5.16. The lowest BCUT2D eigenvalue weighted by Gasteiger charge is -2.27. The fraction of sp³-hybridized carbons (Fsp3) is 0.258. The lowest BCUT2D eigenvalue weighted by atomic mass is 9.91. The second-order valence-corrected chi connectivity index (χ2v) is 9.37. The molecular formula is C31H34N2. The van der Waals surface area contributed by atoms with Gasteiger partial charge in [0.15, 0.2) is 0 Å². The molecule has 2 heteroatoms. The molecule has 0 aliphatic rings. The number of nitrogens with one attached hydrogen (secondary N) is 1. The van der Waals surface area contributed by atoms with Crippen LogP contribution in [0.1, 0.15) is 73.5 Å². The molecule has 3 aromatic carbocycles. The Bertz CT molecular complexity index is 1180. The number of nitrogens with zero attached hydrogens (tertiary/aromatic N) is 1. The third kappa shape index (κ3) is 5.01. The number of benzene rings is 3. The number of aromatic nitrogens is 1. The number of aryl methyl sites for hydroxylation is 1. The van der Waals surface area contributed by atoms with Gasteiger partial charge < -0.3 is 5.32 Å². The van der Waals surface area contributed by atoms with Crippen molar-refractivity contribution in [2.24, 2.45) is 0 Å². The molecule has 0 aliphatic heterocycles. The quantitative estimate of drug-likeness (QED) is 0.315. The first-order valence-electron chi connectivity index (χ1n) is 11.9. The number of anilines is 1. The van der Waals surface area contributed by atoms with E-state index < -0.39 is 0 Å². The van der Waals surface area contributed by atoms with E-state index in [0.29, 0.717) is 11.8 Å². The Labute approximate surface area is 198 Å². The zero-order valence-corrected chi connectivity index (χ0v) is 20.3. The van der Waals surface area contributed by atoms with Crippen molar-refractivity contribution in [2.75, 3.05) is 5.32 Å². The van der Waals surface area contributed by atoms with Crippen LogP contribution in [0.4, 0.5) is 5.69 Å². The Morgan fingerprint density at radius 2 is 1.24 bits per heavy atom. The molecule has 0 saturated carbocycles. The third-order valence-corrected chi connectivity index (χ3v) is 6.28. The number of hydrogen-bond donors (Lipinski definition) is 1. The SMILES string of the molecule is Cc1ccccc1-c1cccc(C(Nc2c(C(C)C)cccc2C(C)C)c2ccccc2)n1. The highest BCUT2D eigenvalue weighted by Gasteiger charge is 2.21. The van der Waals surface area contributed by atoms with Gasteiger partial charge in [-0.2, -0.15) is 0 Å². The normalized spacial score (nSPS) is 12.2. The van der Waals surface area contributed by atoms with E-state index >= 15 is 0 Å². The van der Waals surface area contributed by atoms with Crippen LogP contribution in [0.15, 0.2) is 91.0 Å². The molecule has 0 aliphatic carbocycles. The van der Waals surface area contributed by atoms with Crippen molar-refractivity contribution >= 4 is 5.69 Å². The van der Waals surface area contributed by atoms with E-state index in [-0.39, 0.29) is 6.04 Å². The zero-order chi connectivity index (χ0) is 23.4. The monoisotopic (exact) mass is 434 g/mol. The Kier molecular flexibility index (Phi) is 6.93. The summed E-state index contributed by atoms with van der Waals surface area (Å²) in [6, 6.07) is 32.1. The molecule has 1 atom stereocenters. The Morgan fingerprint density at radius 1 is 0.636 bits per heavy atom. The van der Waals surface area contributed by atoms with Gasteiger partial charge in [0.1, 0.15) is 0 Å². The summed E-state index contributed by atoms with van der Waals surface area (Å²) >= 11 is 0. The number of pyridine rings is 1. The second-order valence-electron chi connectivity index (χ2n) is 9.37. The van der Waals surface area contributed by atoms with E-state index in [0.717, 1.165) is 11.4 Å². The predicted molar refractivity (Wildman–Crippen MR) is 141 cm³/mol. The number of para-hydroxylation sites is 1. The summed E-state index contributed by atoms with van der Waals surface area (Å²) in [7, 11) is 0. The fourth-order valence-corrected chi connectivity index (χ4v) is 4.46. The minimum Gasteiger partial charge on any atom is -0.372 e. The van der Waals surface area contributed by atoms with Gasteiger partial charge >= 0.3 is 0 Å². The molecule has 1 N–H and O–H groups in total. The minimum absolute atomic E-state index is 0.0485. The highest BCUT2D eigenvalue weighted by molar-refractivity contribution is 5.65. The summed E-state index contributed by atoms with van der Waals surface area (Å²) in [4.78, 5) is 5.16. The molecule has 1 unspecified atom stereocenters. The summed E-state index contributed by atoms with van der Waals surface area (Å²) in [6.45, 7) is 11.2. The van der Waals surface area contributed by atoms with Gasteiger partial charge in [-0.25, -0.2) is 0 Å². The van der Waals surface area contributed by atoms with Crippen molar-refractivity contribution in [2.45, 2.75) is 52.5 Å². The molecule has 0 bridgehead atoms. The van der Waals surface area contributed by atoms with Gasteiger partial charge in [0.05, 0.1) is 17.4 Å². The predicted octanol–water partition coefficient (Wildman–Crippen LogP) is 8.51. The smallest absolute Gasteiger partial charge is 0.0940 e. The summed E-state index contributed by atoms with van der Waals surface area (Å²) in [6.07, 6.45) is 0. The Balaban J connectivity index is 1.85. The van der Waals surface area contributed by atoms with Crippen molar-refractivity contribution in [3.63, 3.8) is 0 Å². The summed E-state index contributed by atoms with van der Waals surface area (Å²) in [5.41, 5.74) is 9.58. The second kappa shape index (κ2) is 10.0. The number of rotatable bonds is 7. The molecule has 168 valence electrons. The van der Waals surface area contributed by atoms with E-state index in [9.17, 15) is 0 Å². The fourth-order valence-electron chi connectivity index (χ4n) is 4.46. The summed E-state index contributed by atoms with van der Waals surface area (Å²) < 4.78 is 0. The maximum Gasteiger partial charge on any atom is 0.0940 e. The van der Waals surface area contributed by atoms with Gasteiger partial charge in [0, 0.05) is 11.3 Å². The highest BCUT2D eigenvalue weighted by atomic mass is 15.0. The summed E-state index contributed by atoms with van der Waals surface area (Å²) in [5.74, 6) is 0.850. The minimum atomic E-state index is -0.0485. The van der Waals surface area contributed by atoms with Gasteiger partial charge in [-0.1, -0.05) is 107 Å². The van der Waals surface area contributed by atoms with Crippen molar-refractivity contribution < 1.29 is 0 Å². The standard InChI is InChI=1S/C31H34N2/c1-21(2)25-17-11-18-26(22(3)4)31(25)33-30(24-14-7-6-8-15-24)29-20-12-19-28(32-29)27-16-10-9-13-23(27)5/h6-22,30,33H,1-5H3. The molecule has 1 aromatic heterocycles. The largest absolute Gasteiger partial charge is 0.372 e. The van der Waals surface area contributed by atoms with Crippen LogP contribution < -0.4 is 5.32 Å². The first-order chi connectivity index (χ1) is 16.0. The van der Waals surface area contributed by atoms with Gasteiger partial charge in [-0.05, 0) is 53.1 Å². The van der Waals surface area contributed by atoms with Gasteiger partial charge in [-0.15, -0.1) is 0 Å². The van der Waals surface area contributed by atoms with Crippen LogP contribution in [0, 0.1) is 6.92 Å². The Morgan fingerprint density at radius 3 is 1.88 bits per heavy atom. The molecule has 0 radical (unpaired) electrons. The van der Waals surface area contributed by atoms with E-state index in [1.54, 1.807) is 0 Å². The van der Waals surface area contributed by atoms with Gasteiger partial charge in [0.2, 0.25) is 0 Å². The Hall–Kier alpha value is -3.39. The highest BCUT2D eigenvalue weighted by Crippen LogP contribution is 2.37. The van der Waals surface area contributed by atoms with Crippen LogP contribution in [-0.2, 0) is 0 Å². The van der Waals surface area contributed by atoms with Crippen LogP contribution >= 0.6 is 0 Å². The summed E-state index contributed by atoms with van der Waals surface area (Å²) in [5, 5.41) is 3.94. The topological polar surface area (TPSA) is 24.9 Å². The van der Waals surface area contributed by atoms with E-state index in [4.69, 9.17) is 4.98 Å². The molecule has 33 heavy (non-hydrogen) atoms. The molecule has 0 fully saturated rings. The molecular weight excluding hydrogens is 400 g/mol. The zero-order valence-electron chi connectivity index (χ0n) is 20.3. The van der Waals surface area contributed by atoms with Crippen LogP contribution in [0.3, 0.4) is 0 Å². The van der Waals surface area contributed by atoms with Crippen molar-refractivity contribution in [1.82, 2.24) is 4.98 Å². The van der Waals surface area contributed by atoms with Gasteiger partial charge in [0.25, 0.3) is 0 Å². The first kappa shape index (κ1) is 22.8. The lowest BCUT2D eigenvalue weighted by Crippen LogP contribution is -2.17. The van der Waals surface area contributed by atoms with Crippen LogP contribution in [0.25, 0.3) is 11.3 Å². The third-order valence-electron chi connectivity index (χ3n) is 6.28. The molecule has 0 amide bonds. The molecule has 1 heterocycles. The number of hydrogen-bond acceptors (Lipinski definition) is 2. The lowest BCUT2D eigenvalue weighted by molar-refractivity contribution is 0.814. The van der Waals surface area contributed by atoms with Crippen molar-refractivity contribution in [1.29, 1.82) is 0 Å². The van der Waals surface area contributed by atoms with Crippen molar-refractivity contribution in [3.05, 3.63) is 119 Å². The molecule has 0 saturated heterocycles. The van der Waals surface area contributed by atoms with E-state index in [2.05, 4.69) is 131 Å². The molecule has 4 rings (SSSR count). The maximum atomic E-state index is 5.16. The molecule has 0 spiro atoms. The molecule has 4 aromatic rings. The average Bonchev–Trinajstić information content (AvgIpc) is 2.83. The van der Waals surface area contributed by atoms with Crippen molar-refractivity contribution in [3.8, 4) is 11.3 Å². The molecule has 2 nitrogen and oxygen atoms in total. The van der Waals surface area contributed by atoms with Crippen LogP contribution in [-0.4, -0.2) is 4.98 Å². The average molecular weight is 435 g/mol. The first-order valence-corrected chi connectivity index (χ1v) is 11.9. The van der Waals surface area contributed by atoms with Gasteiger partial charge in [-0.3, -0.25) is 4.98 Å².